The largest absolute Gasteiger partial charge is 0.492 e. The Hall–Kier alpha value is -1.11. The van der Waals surface area contributed by atoms with E-state index in [0.29, 0.717) is 42.3 Å². The van der Waals surface area contributed by atoms with Crippen LogP contribution in [0.5, 0.6) is 5.75 Å². The van der Waals surface area contributed by atoms with Gasteiger partial charge < -0.3 is 4.74 Å². The zero-order valence-corrected chi connectivity index (χ0v) is 13.4. The lowest BCUT2D eigenvalue weighted by molar-refractivity contribution is 0.111. The van der Waals surface area contributed by atoms with Gasteiger partial charge in [-0.1, -0.05) is 17.7 Å². The van der Waals surface area contributed by atoms with E-state index in [9.17, 15) is 13.2 Å². The SMILES string of the molecule is CS(=O)(=O)N1CCCC(COc2cccc(Cl)c2C=O)C1. The van der Waals surface area contributed by atoms with Gasteiger partial charge in [-0.2, -0.15) is 0 Å². The number of ether oxygens (including phenoxy) is 1. The minimum absolute atomic E-state index is 0.118. The molecule has 1 aromatic rings. The highest BCUT2D eigenvalue weighted by Gasteiger charge is 2.26. The molecule has 0 aromatic heterocycles. The molecule has 0 radical (unpaired) electrons. The van der Waals surface area contributed by atoms with E-state index in [1.165, 1.54) is 10.6 Å². The Bertz CT molecular complexity index is 617. The Balaban J connectivity index is 2.00. The molecule has 0 aliphatic carbocycles. The van der Waals surface area contributed by atoms with Gasteiger partial charge >= 0.3 is 0 Å². The Morgan fingerprint density at radius 3 is 2.90 bits per heavy atom. The number of carbonyl (C=O) groups excluding carboxylic acids is 1. The van der Waals surface area contributed by atoms with E-state index in [2.05, 4.69) is 0 Å². The van der Waals surface area contributed by atoms with Gasteiger partial charge in [0.2, 0.25) is 10.0 Å². The lowest BCUT2D eigenvalue weighted by Crippen LogP contribution is -2.40. The molecule has 2 rings (SSSR count). The monoisotopic (exact) mass is 331 g/mol. The molecule has 5 nitrogen and oxygen atoms in total. The number of rotatable bonds is 5. The first kappa shape index (κ1) is 16.3. The molecule has 0 amide bonds. The molecule has 1 aliphatic heterocycles. The van der Waals surface area contributed by atoms with Crippen molar-refractivity contribution in [2.75, 3.05) is 26.0 Å². The number of piperidine rings is 1. The van der Waals surface area contributed by atoms with Gasteiger partial charge in [0.1, 0.15) is 5.75 Å². The maximum absolute atomic E-state index is 11.6. The van der Waals surface area contributed by atoms with Crippen LogP contribution in [-0.2, 0) is 10.0 Å². The van der Waals surface area contributed by atoms with Crippen molar-refractivity contribution in [3.05, 3.63) is 28.8 Å². The van der Waals surface area contributed by atoms with Crippen LogP contribution in [0.25, 0.3) is 0 Å². The van der Waals surface area contributed by atoms with Crippen LogP contribution in [0.15, 0.2) is 18.2 Å². The average Bonchev–Trinajstić information content (AvgIpc) is 2.44. The fourth-order valence-electron chi connectivity index (χ4n) is 2.43. The highest BCUT2D eigenvalue weighted by Crippen LogP contribution is 2.26. The van der Waals surface area contributed by atoms with Gasteiger partial charge in [0, 0.05) is 19.0 Å². The van der Waals surface area contributed by atoms with Crippen LogP contribution in [0, 0.1) is 5.92 Å². The molecule has 1 heterocycles. The summed E-state index contributed by atoms with van der Waals surface area (Å²) in [5, 5.41) is 0.351. The molecule has 0 bridgehead atoms. The highest BCUT2D eigenvalue weighted by atomic mass is 35.5. The minimum Gasteiger partial charge on any atom is -0.492 e. The molecule has 7 heteroatoms. The van der Waals surface area contributed by atoms with Crippen molar-refractivity contribution >= 4 is 27.9 Å². The maximum atomic E-state index is 11.6. The second kappa shape index (κ2) is 6.77. The summed E-state index contributed by atoms with van der Waals surface area (Å²) in [7, 11) is -3.16. The standard InChI is InChI=1S/C14H18ClNO4S/c1-21(18,19)16-7-3-4-11(8-16)10-20-14-6-2-5-13(15)12(14)9-17/h2,5-6,9,11H,3-4,7-8,10H2,1H3. The Kier molecular flexibility index (Phi) is 5.24. The molecule has 116 valence electrons. The number of halogens is 1. The number of hydrogen-bond donors (Lipinski definition) is 0. The van der Waals surface area contributed by atoms with Crippen molar-refractivity contribution in [1.82, 2.24) is 4.31 Å². The van der Waals surface area contributed by atoms with E-state index >= 15 is 0 Å². The fraction of sp³-hybridized carbons (Fsp3) is 0.500. The predicted molar refractivity (Wildman–Crippen MR) is 81.5 cm³/mol. The second-order valence-electron chi connectivity index (χ2n) is 5.21. The van der Waals surface area contributed by atoms with E-state index in [1.807, 2.05) is 0 Å². The summed E-state index contributed by atoms with van der Waals surface area (Å²) in [5.74, 6) is 0.556. The molecule has 1 unspecified atom stereocenters. The lowest BCUT2D eigenvalue weighted by atomic mass is 10.0. The van der Waals surface area contributed by atoms with E-state index in [0.717, 1.165) is 12.8 Å². The Morgan fingerprint density at radius 1 is 1.48 bits per heavy atom. The van der Waals surface area contributed by atoms with Gasteiger partial charge in [0.05, 0.1) is 23.4 Å². The van der Waals surface area contributed by atoms with E-state index < -0.39 is 10.0 Å². The summed E-state index contributed by atoms with van der Waals surface area (Å²) in [4.78, 5) is 11.0. The van der Waals surface area contributed by atoms with Crippen LogP contribution in [0.2, 0.25) is 5.02 Å². The Morgan fingerprint density at radius 2 is 2.24 bits per heavy atom. The third-order valence-electron chi connectivity index (χ3n) is 3.56. The number of nitrogens with zero attached hydrogens (tertiary/aromatic N) is 1. The van der Waals surface area contributed by atoms with E-state index in [4.69, 9.17) is 16.3 Å². The number of carbonyl (C=O) groups is 1. The molecule has 1 aliphatic rings. The molecule has 21 heavy (non-hydrogen) atoms. The quantitative estimate of drug-likeness (QED) is 0.776. The first-order valence-corrected chi connectivity index (χ1v) is 8.96. The van der Waals surface area contributed by atoms with Gasteiger partial charge in [-0.05, 0) is 25.0 Å². The average molecular weight is 332 g/mol. The summed E-state index contributed by atoms with van der Waals surface area (Å²) in [6.07, 6.45) is 3.61. The molecule has 0 spiro atoms. The number of sulfonamides is 1. The molecular weight excluding hydrogens is 314 g/mol. The first-order chi connectivity index (χ1) is 9.91. The molecule has 0 saturated carbocycles. The zero-order chi connectivity index (χ0) is 15.5. The van der Waals surface area contributed by atoms with Crippen molar-refractivity contribution < 1.29 is 17.9 Å². The normalized spacial score (nSPS) is 20.2. The zero-order valence-electron chi connectivity index (χ0n) is 11.8. The van der Waals surface area contributed by atoms with Crippen molar-refractivity contribution in [3.8, 4) is 5.75 Å². The van der Waals surface area contributed by atoms with Crippen LogP contribution < -0.4 is 4.74 Å². The van der Waals surface area contributed by atoms with Crippen LogP contribution >= 0.6 is 11.6 Å². The topological polar surface area (TPSA) is 63.7 Å². The molecule has 1 saturated heterocycles. The van der Waals surface area contributed by atoms with Crippen LogP contribution in [0.3, 0.4) is 0 Å². The van der Waals surface area contributed by atoms with Gasteiger partial charge in [-0.15, -0.1) is 0 Å². The summed E-state index contributed by atoms with van der Waals surface area (Å²) in [6.45, 7) is 1.38. The summed E-state index contributed by atoms with van der Waals surface area (Å²) in [5.41, 5.74) is 0.329. The number of hydrogen-bond acceptors (Lipinski definition) is 4. The van der Waals surface area contributed by atoms with Crippen molar-refractivity contribution in [2.24, 2.45) is 5.92 Å². The van der Waals surface area contributed by atoms with Crippen LogP contribution in [-0.4, -0.2) is 45.0 Å². The fourth-order valence-corrected chi connectivity index (χ4v) is 3.58. The van der Waals surface area contributed by atoms with Gasteiger partial charge in [-0.3, -0.25) is 4.79 Å². The van der Waals surface area contributed by atoms with E-state index in [-0.39, 0.29) is 5.92 Å². The first-order valence-electron chi connectivity index (χ1n) is 6.73. The second-order valence-corrected chi connectivity index (χ2v) is 7.60. The van der Waals surface area contributed by atoms with Crippen LogP contribution in [0.1, 0.15) is 23.2 Å². The summed E-state index contributed by atoms with van der Waals surface area (Å²) < 4.78 is 30.3. The van der Waals surface area contributed by atoms with Crippen molar-refractivity contribution in [3.63, 3.8) is 0 Å². The third kappa shape index (κ3) is 4.18. The molecule has 1 aromatic carbocycles. The van der Waals surface area contributed by atoms with Gasteiger partial charge in [-0.25, -0.2) is 12.7 Å². The maximum Gasteiger partial charge on any atom is 0.211 e. The predicted octanol–water partition coefficient (Wildman–Crippen LogP) is 2.20. The van der Waals surface area contributed by atoms with E-state index in [1.54, 1.807) is 18.2 Å². The molecule has 1 atom stereocenters. The van der Waals surface area contributed by atoms with Crippen LogP contribution in [0.4, 0.5) is 0 Å². The summed E-state index contributed by atoms with van der Waals surface area (Å²) >= 11 is 5.94. The highest BCUT2D eigenvalue weighted by molar-refractivity contribution is 7.88. The van der Waals surface area contributed by atoms with Gasteiger partial charge in [0.15, 0.2) is 6.29 Å². The lowest BCUT2D eigenvalue weighted by Gasteiger charge is -2.30. The van der Waals surface area contributed by atoms with Crippen molar-refractivity contribution in [2.45, 2.75) is 12.8 Å². The summed E-state index contributed by atoms with van der Waals surface area (Å²) in [6, 6.07) is 5.03. The van der Waals surface area contributed by atoms with Crippen molar-refractivity contribution in [1.29, 1.82) is 0 Å². The smallest absolute Gasteiger partial charge is 0.211 e. The third-order valence-corrected chi connectivity index (χ3v) is 5.16. The molecule has 0 N–H and O–H groups in total. The molecular formula is C14H18ClNO4S. The van der Waals surface area contributed by atoms with Gasteiger partial charge in [0.25, 0.3) is 0 Å². The molecule has 1 fully saturated rings. The minimum atomic E-state index is -3.16. The number of aldehydes is 1. The Labute approximate surface area is 129 Å². The number of benzene rings is 1.